The number of benzene rings is 1. The Balaban J connectivity index is 3.07. The summed E-state index contributed by atoms with van der Waals surface area (Å²) in [5.41, 5.74) is -1.26. The number of carbonyl (C=O) groups is 1. The number of hydrogen-bond donors (Lipinski definition) is 1. The molecule has 16 heavy (non-hydrogen) atoms. The molecule has 0 bridgehead atoms. The highest BCUT2D eigenvalue weighted by atomic mass is 19.1. The molecule has 1 unspecified atom stereocenters. The van der Waals surface area contributed by atoms with Gasteiger partial charge in [-0.1, -0.05) is 6.08 Å². The van der Waals surface area contributed by atoms with Crippen LogP contribution in [-0.2, 0) is 11.2 Å². The lowest BCUT2D eigenvalue weighted by Gasteiger charge is -2.20. The molecule has 1 atom stereocenters. The Kier molecular flexibility index (Phi) is 3.42. The van der Waals surface area contributed by atoms with Crippen molar-refractivity contribution in [3.63, 3.8) is 0 Å². The van der Waals surface area contributed by atoms with Gasteiger partial charge in [-0.3, -0.25) is 4.79 Å². The molecule has 1 rings (SSSR count). The first-order valence-corrected chi connectivity index (χ1v) is 4.70. The van der Waals surface area contributed by atoms with E-state index in [1.807, 2.05) is 0 Å². The zero-order chi connectivity index (χ0) is 12.3. The first kappa shape index (κ1) is 12.4. The van der Waals surface area contributed by atoms with Gasteiger partial charge in [0.05, 0.1) is 5.41 Å². The molecule has 0 heterocycles. The normalized spacial score (nSPS) is 14.2. The Morgan fingerprint density at radius 2 is 2.19 bits per heavy atom. The van der Waals surface area contributed by atoms with Gasteiger partial charge in [-0.15, -0.1) is 6.58 Å². The molecular weight excluding hydrogens is 214 g/mol. The van der Waals surface area contributed by atoms with Gasteiger partial charge in [0.2, 0.25) is 0 Å². The second-order valence-corrected chi connectivity index (χ2v) is 3.84. The van der Waals surface area contributed by atoms with Crippen LogP contribution in [-0.4, -0.2) is 11.1 Å². The predicted molar refractivity (Wildman–Crippen MR) is 56.0 cm³/mol. The average molecular weight is 226 g/mol. The van der Waals surface area contributed by atoms with E-state index in [1.165, 1.54) is 13.0 Å². The van der Waals surface area contributed by atoms with Crippen LogP contribution in [0.3, 0.4) is 0 Å². The highest BCUT2D eigenvalue weighted by Crippen LogP contribution is 2.26. The maximum atomic E-state index is 13.3. The van der Waals surface area contributed by atoms with Crippen molar-refractivity contribution in [2.75, 3.05) is 0 Å². The fourth-order valence-corrected chi connectivity index (χ4v) is 1.31. The summed E-state index contributed by atoms with van der Waals surface area (Å²) in [6.07, 6.45) is 1.09. The second kappa shape index (κ2) is 4.43. The highest BCUT2D eigenvalue weighted by molar-refractivity contribution is 5.76. The SMILES string of the molecule is C=CC(C)(Cc1cc(F)ccc1F)C(=O)O. The van der Waals surface area contributed by atoms with Gasteiger partial charge in [0.1, 0.15) is 11.6 Å². The van der Waals surface area contributed by atoms with Crippen LogP contribution >= 0.6 is 0 Å². The maximum Gasteiger partial charge on any atom is 0.313 e. The van der Waals surface area contributed by atoms with Gasteiger partial charge in [-0.25, -0.2) is 8.78 Å². The quantitative estimate of drug-likeness (QED) is 0.801. The fraction of sp³-hybridized carbons (Fsp3) is 0.250. The van der Waals surface area contributed by atoms with Gasteiger partial charge in [0, 0.05) is 0 Å². The van der Waals surface area contributed by atoms with Crippen molar-refractivity contribution >= 4 is 5.97 Å². The Hall–Kier alpha value is -1.71. The molecule has 4 heteroatoms. The lowest BCUT2D eigenvalue weighted by atomic mass is 9.84. The van der Waals surface area contributed by atoms with Crippen molar-refractivity contribution in [2.24, 2.45) is 5.41 Å². The standard InChI is InChI=1S/C12H12F2O2/c1-3-12(2,11(15)16)7-8-6-9(13)4-5-10(8)14/h3-6H,1,7H2,2H3,(H,15,16). The topological polar surface area (TPSA) is 37.3 Å². The Morgan fingerprint density at radius 3 is 2.69 bits per heavy atom. The van der Waals surface area contributed by atoms with E-state index in [-0.39, 0.29) is 12.0 Å². The Bertz CT molecular complexity index is 429. The number of aliphatic carboxylic acids is 1. The van der Waals surface area contributed by atoms with Gasteiger partial charge in [0.15, 0.2) is 0 Å². The number of carboxylic acid groups (broad SMARTS) is 1. The lowest BCUT2D eigenvalue weighted by Crippen LogP contribution is -2.27. The number of rotatable bonds is 4. The molecular formula is C12H12F2O2. The molecule has 0 aliphatic carbocycles. The van der Waals surface area contributed by atoms with Crippen LogP contribution in [0.2, 0.25) is 0 Å². The van der Waals surface area contributed by atoms with Gasteiger partial charge >= 0.3 is 5.97 Å². The summed E-state index contributed by atoms with van der Waals surface area (Å²) in [5.74, 6) is -2.32. The highest BCUT2D eigenvalue weighted by Gasteiger charge is 2.30. The molecule has 0 spiro atoms. The van der Waals surface area contributed by atoms with Crippen LogP contribution < -0.4 is 0 Å². The van der Waals surface area contributed by atoms with Crippen molar-refractivity contribution in [3.05, 3.63) is 48.1 Å². The minimum absolute atomic E-state index is 0.0322. The van der Waals surface area contributed by atoms with E-state index in [0.717, 1.165) is 18.2 Å². The van der Waals surface area contributed by atoms with E-state index in [2.05, 4.69) is 6.58 Å². The molecule has 1 aromatic carbocycles. The molecule has 2 nitrogen and oxygen atoms in total. The van der Waals surface area contributed by atoms with Crippen LogP contribution in [0.4, 0.5) is 8.78 Å². The van der Waals surface area contributed by atoms with Crippen molar-refractivity contribution in [1.29, 1.82) is 0 Å². The first-order valence-electron chi connectivity index (χ1n) is 4.70. The smallest absolute Gasteiger partial charge is 0.313 e. The van der Waals surface area contributed by atoms with Crippen molar-refractivity contribution in [3.8, 4) is 0 Å². The van der Waals surface area contributed by atoms with E-state index in [9.17, 15) is 13.6 Å². The van der Waals surface area contributed by atoms with Gasteiger partial charge in [0.25, 0.3) is 0 Å². The van der Waals surface area contributed by atoms with Crippen LogP contribution in [0, 0.1) is 17.0 Å². The van der Waals surface area contributed by atoms with Gasteiger partial charge < -0.3 is 5.11 Å². The summed E-state index contributed by atoms with van der Waals surface area (Å²) in [5, 5.41) is 8.97. The van der Waals surface area contributed by atoms with Gasteiger partial charge in [-0.05, 0) is 37.1 Å². The van der Waals surface area contributed by atoms with Crippen molar-refractivity contribution in [1.82, 2.24) is 0 Å². The third-order valence-corrected chi connectivity index (χ3v) is 2.50. The molecule has 0 aromatic heterocycles. The Morgan fingerprint density at radius 1 is 1.56 bits per heavy atom. The zero-order valence-electron chi connectivity index (χ0n) is 8.84. The summed E-state index contributed by atoms with van der Waals surface area (Å²) in [4.78, 5) is 11.0. The lowest BCUT2D eigenvalue weighted by molar-refractivity contribution is -0.145. The van der Waals surface area contributed by atoms with Crippen molar-refractivity contribution in [2.45, 2.75) is 13.3 Å². The minimum atomic E-state index is -1.30. The summed E-state index contributed by atoms with van der Waals surface area (Å²) >= 11 is 0. The molecule has 0 amide bonds. The van der Waals surface area contributed by atoms with E-state index in [1.54, 1.807) is 0 Å². The molecule has 0 saturated carbocycles. The van der Waals surface area contributed by atoms with Gasteiger partial charge in [-0.2, -0.15) is 0 Å². The molecule has 0 fully saturated rings. The Labute approximate surface area is 92.2 Å². The van der Waals surface area contributed by atoms with Crippen molar-refractivity contribution < 1.29 is 18.7 Å². The van der Waals surface area contributed by atoms with E-state index < -0.39 is 23.0 Å². The summed E-state index contributed by atoms with van der Waals surface area (Å²) < 4.78 is 26.2. The zero-order valence-corrected chi connectivity index (χ0v) is 8.84. The van der Waals surface area contributed by atoms with Crippen LogP contribution in [0.1, 0.15) is 12.5 Å². The summed E-state index contributed by atoms with van der Waals surface area (Å²) in [6, 6.07) is 2.97. The molecule has 1 aromatic rings. The molecule has 86 valence electrons. The summed E-state index contributed by atoms with van der Waals surface area (Å²) in [7, 11) is 0. The van der Waals surface area contributed by atoms with Crippen LogP contribution in [0.5, 0.6) is 0 Å². The predicted octanol–water partition coefficient (Wildman–Crippen LogP) is 2.78. The molecule has 0 aliphatic heterocycles. The molecule has 0 radical (unpaired) electrons. The van der Waals surface area contributed by atoms with Crippen LogP contribution in [0.25, 0.3) is 0 Å². The van der Waals surface area contributed by atoms with E-state index in [4.69, 9.17) is 5.11 Å². The monoisotopic (exact) mass is 226 g/mol. The van der Waals surface area contributed by atoms with E-state index in [0.29, 0.717) is 0 Å². The number of halogens is 2. The third kappa shape index (κ3) is 2.45. The minimum Gasteiger partial charge on any atom is -0.481 e. The maximum absolute atomic E-state index is 13.3. The number of hydrogen-bond acceptors (Lipinski definition) is 1. The van der Waals surface area contributed by atoms with Crippen LogP contribution in [0.15, 0.2) is 30.9 Å². The number of carboxylic acids is 1. The second-order valence-electron chi connectivity index (χ2n) is 3.84. The third-order valence-electron chi connectivity index (χ3n) is 2.50. The summed E-state index contributed by atoms with van der Waals surface area (Å²) in [6.45, 7) is 4.81. The molecule has 0 aliphatic rings. The fourth-order valence-electron chi connectivity index (χ4n) is 1.31. The first-order chi connectivity index (χ1) is 7.39. The average Bonchev–Trinajstić information content (AvgIpc) is 2.23. The largest absolute Gasteiger partial charge is 0.481 e. The molecule has 1 N–H and O–H groups in total. The van der Waals surface area contributed by atoms with E-state index >= 15 is 0 Å². The molecule has 0 saturated heterocycles.